The van der Waals surface area contributed by atoms with Gasteiger partial charge in [0.2, 0.25) is 0 Å². The largest absolute Gasteiger partial charge is 0.484 e. The first-order valence-corrected chi connectivity index (χ1v) is 14.7. The van der Waals surface area contributed by atoms with E-state index in [9.17, 15) is 13.2 Å². The fourth-order valence-electron chi connectivity index (χ4n) is 5.10. The highest BCUT2D eigenvalue weighted by Gasteiger charge is 2.22. The van der Waals surface area contributed by atoms with Crippen LogP contribution in [0.5, 0.6) is 5.75 Å². The Hall–Kier alpha value is -4.23. The van der Waals surface area contributed by atoms with Crippen molar-refractivity contribution in [1.29, 1.82) is 5.41 Å². The lowest BCUT2D eigenvalue weighted by molar-refractivity contribution is 0.228. The molecule has 1 fully saturated rings. The van der Waals surface area contributed by atoms with E-state index in [1.165, 1.54) is 12.1 Å². The molecule has 2 aromatic carbocycles. The molecule has 0 radical (unpaired) electrons. The maximum atomic E-state index is 13.5. The van der Waals surface area contributed by atoms with E-state index < -0.39 is 11.9 Å². The lowest BCUT2D eigenvalue weighted by Crippen LogP contribution is -2.26. The van der Waals surface area contributed by atoms with E-state index in [-0.39, 0.29) is 35.0 Å². The Morgan fingerprint density at radius 2 is 2.02 bits per heavy atom. The van der Waals surface area contributed by atoms with Gasteiger partial charge in [-0.3, -0.25) is 10.1 Å². The third-order valence-corrected chi connectivity index (χ3v) is 7.81. The Labute approximate surface area is 252 Å². The first-order chi connectivity index (χ1) is 20.7. The van der Waals surface area contributed by atoms with Gasteiger partial charge in [0.05, 0.1) is 35.4 Å². The van der Waals surface area contributed by atoms with Gasteiger partial charge in [-0.1, -0.05) is 18.2 Å². The number of halogens is 3. The number of nitrogens with one attached hydrogen (secondary N) is 4. The van der Waals surface area contributed by atoms with Gasteiger partial charge in [0, 0.05) is 54.1 Å². The van der Waals surface area contributed by atoms with Gasteiger partial charge in [0.15, 0.2) is 0 Å². The first-order valence-electron chi connectivity index (χ1n) is 13.8. The monoisotopic (exact) mass is 610 g/mol. The van der Waals surface area contributed by atoms with Crippen molar-refractivity contribution in [3.05, 3.63) is 83.6 Å². The average Bonchev–Trinajstić information content (AvgIpc) is 3.69. The lowest BCUT2D eigenvalue weighted by Gasteiger charge is -2.20. The van der Waals surface area contributed by atoms with Crippen LogP contribution in [0.25, 0.3) is 11.1 Å². The molecular weight excluding hydrogens is 577 g/mol. The number of anilines is 3. The summed E-state index contributed by atoms with van der Waals surface area (Å²) >= 11 is 0.235. The number of rotatable bonds is 12. The Balaban J connectivity index is 1.47. The molecule has 0 saturated carbocycles. The van der Waals surface area contributed by atoms with E-state index in [0.29, 0.717) is 34.1 Å². The van der Waals surface area contributed by atoms with Crippen molar-refractivity contribution in [3.63, 3.8) is 0 Å². The molecule has 1 aliphatic heterocycles. The summed E-state index contributed by atoms with van der Waals surface area (Å²) in [6.45, 7) is 3.53. The third kappa shape index (κ3) is 7.05. The number of nitrogen functional groups attached to an aromatic ring is 1. The number of benzene rings is 2. The highest BCUT2D eigenvalue weighted by molar-refractivity contribution is 8.00. The predicted molar refractivity (Wildman–Crippen MR) is 165 cm³/mol. The van der Waals surface area contributed by atoms with Crippen molar-refractivity contribution in [2.45, 2.75) is 44.2 Å². The van der Waals surface area contributed by atoms with Crippen LogP contribution in [-0.2, 0) is 6.54 Å². The van der Waals surface area contributed by atoms with Crippen LogP contribution in [0.3, 0.4) is 0 Å². The molecule has 0 bridgehead atoms. The van der Waals surface area contributed by atoms with E-state index in [2.05, 4.69) is 25.4 Å². The number of pyridine rings is 1. The summed E-state index contributed by atoms with van der Waals surface area (Å²) in [5, 5.41) is 20.3. The predicted octanol–water partition coefficient (Wildman–Crippen LogP) is 6.30. The Morgan fingerprint density at radius 1 is 1.23 bits per heavy atom. The lowest BCUT2D eigenvalue weighted by atomic mass is 9.97. The molecule has 226 valence electrons. The zero-order valence-electron chi connectivity index (χ0n) is 23.7. The minimum Gasteiger partial charge on any atom is -0.484 e. The van der Waals surface area contributed by atoms with Gasteiger partial charge in [-0.25, -0.2) is 9.37 Å². The average molecular weight is 611 g/mol. The summed E-state index contributed by atoms with van der Waals surface area (Å²) in [6, 6.07) is 11.0. The summed E-state index contributed by atoms with van der Waals surface area (Å²) < 4.78 is 50.1. The molecule has 0 aliphatic carbocycles. The topological polar surface area (TPSA) is 126 Å². The number of ether oxygens (including phenoxy) is 1. The molecule has 2 unspecified atom stereocenters. The van der Waals surface area contributed by atoms with E-state index in [1.54, 1.807) is 56.7 Å². The zero-order chi connectivity index (χ0) is 30.5. The highest BCUT2D eigenvalue weighted by Crippen LogP contribution is 2.37. The molecule has 5 rings (SSSR count). The Bertz CT molecular complexity index is 1570. The molecule has 43 heavy (non-hydrogen) atoms. The second-order valence-electron chi connectivity index (χ2n) is 10.2. The maximum Gasteiger partial charge on any atom is 0.302 e. The normalized spacial score (nSPS) is 15.4. The van der Waals surface area contributed by atoms with Crippen molar-refractivity contribution >= 4 is 34.9 Å². The van der Waals surface area contributed by atoms with Gasteiger partial charge in [-0.15, -0.1) is 0 Å². The van der Waals surface area contributed by atoms with E-state index >= 15 is 0 Å². The number of alkyl halides is 2. The van der Waals surface area contributed by atoms with Crippen LogP contribution in [0.2, 0.25) is 0 Å². The minimum atomic E-state index is -2.66. The van der Waals surface area contributed by atoms with Crippen molar-refractivity contribution < 1.29 is 17.9 Å². The molecule has 9 nitrogen and oxygen atoms in total. The summed E-state index contributed by atoms with van der Waals surface area (Å²) in [5.74, 6) is -2.65. The van der Waals surface area contributed by atoms with Gasteiger partial charge in [-0.05, 0) is 56.1 Å². The molecule has 6 N–H and O–H groups in total. The van der Waals surface area contributed by atoms with E-state index in [1.807, 2.05) is 10.9 Å². The molecule has 2 atom stereocenters. The molecular formula is C30H33F3N8OS. The number of hydrogen-bond acceptors (Lipinski definition) is 9. The van der Waals surface area contributed by atoms with Crippen LogP contribution in [-0.4, -0.2) is 45.9 Å². The van der Waals surface area contributed by atoms with Crippen LogP contribution in [0.15, 0.2) is 61.1 Å². The Kier molecular flexibility index (Phi) is 9.41. The maximum absolute atomic E-state index is 13.5. The summed E-state index contributed by atoms with van der Waals surface area (Å²) in [7, 11) is 1.75. The summed E-state index contributed by atoms with van der Waals surface area (Å²) in [4.78, 5) is 4.39. The zero-order valence-corrected chi connectivity index (χ0v) is 24.5. The Morgan fingerprint density at radius 3 is 2.72 bits per heavy atom. The number of hydrogen-bond donors (Lipinski definition) is 5. The van der Waals surface area contributed by atoms with E-state index in [4.69, 9.17) is 15.9 Å². The smallest absolute Gasteiger partial charge is 0.302 e. The van der Waals surface area contributed by atoms with Crippen LogP contribution >= 0.6 is 11.9 Å². The second-order valence-corrected chi connectivity index (χ2v) is 11.0. The van der Waals surface area contributed by atoms with Crippen LogP contribution in [0, 0.1) is 11.2 Å². The van der Waals surface area contributed by atoms with Gasteiger partial charge >= 0.3 is 5.76 Å². The third-order valence-electron chi connectivity index (χ3n) is 7.29. The summed E-state index contributed by atoms with van der Waals surface area (Å²) in [6.07, 6.45) is 7.08. The molecule has 0 amide bonds. The van der Waals surface area contributed by atoms with Gasteiger partial charge in [-0.2, -0.15) is 13.9 Å². The van der Waals surface area contributed by atoms with Gasteiger partial charge in [0.1, 0.15) is 23.5 Å². The number of nitrogens with zero attached hydrogens (tertiary/aromatic N) is 3. The van der Waals surface area contributed by atoms with Crippen molar-refractivity contribution in [1.82, 2.24) is 20.1 Å². The standard InChI is InChI=1S/C30H33F3N8OS/c1-17(18-5-8-21(31)9-6-18)42-25-12-19(7-10-24(25)40-43-30(32)33)27(34)26-28(36-2)23(14-38-29(26)35)20-13-39-41(15-20)16-22-4-3-11-37-22/h5-10,12-15,17,22,30,34,37,40H,3-4,11,16H2,1-2H3,(H3,35,36,38). The minimum absolute atomic E-state index is 0.0612. The SMILES string of the molecule is CNc1c(-c2cnn(CC3CCCN3)c2)cnc(N)c1C(=N)c1ccc(NSC(F)F)c(OC(C)c2ccc(F)cc2)c1. The fraction of sp³-hybridized carbons (Fsp3) is 0.300. The van der Waals surface area contributed by atoms with Crippen molar-refractivity contribution in [2.75, 3.05) is 29.4 Å². The highest BCUT2D eigenvalue weighted by atomic mass is 32.2. The van der Waals surface area contributed by atoms with Crippen LogP contribution in [0.1, 0.15) is 42.6 Å². The molecule has 0 spiro atoms. The van der Waals surface area contributed by atoms with Crippen molar-refractivity contribution in [3.8, 4) is 16.9 Å². The summed E-state index contributed by atoms with van der Waals surface area (Å²) in [5.41, 5.74) is 10.4. The van der Waals surface area contributed by atoms with Gasteiger partial charge < -0.3 is 25.8 Å². The van der Waals surface area contributed by atoms with Crippen LogP contribution in [0.4, 0.5) is 30.4 Å². The molecule has 13 heteroatoms. The van der Waals surface area contributed by atoms with Crippen molar-refractivity contribution in [2.24, 2.45) is 0 Å². The second kappa shape index (κ2) is 13.4. The number of aromatic nitrogens is 3. The van der Waals surface area contributed by atoms with Gasteiger partial charge in [0.25, 0.3) is 0 Å². The first kappa shape index (κ1) is 30.2. The molecule has 4 aromatic rings. The molecule has 2 aromatic heterocycles. The number of nitrogens with two attached hydrogens (primary N) is 1. The molecule has 1 aliphatic rings. The quantitative estimate of drug-likeness (QED) is 0.0935. The molecule has 3 heterocycles. The van der Waals surface area contributed by atoms with E-state index in [0.717, 1.165) is 37.1 Å². The molecule has 1 saturated heterocycles. The van der Waals surface area contributed by atoms with Crippen LogP contribution < -0.4 is 25.8 Å². The fourth-order valence-corrected chi connectivity index (χ4v) is 5.49.